The highest BCUT2D eigenvalue weighted by molar-refractivity contribution is 5.94. The quantitative estimate of drug-likeness (QED) is 0.587. The van der Waals surface area contributed by atoms with Gasteiger partial charge in [0.05, 0.1) is 5.56 Å². The van der Waals surface area contributed by atoms with Gasteiger partial charge in [0.25, 0.3) is 5.91 Å². The van der Waals surface area contributed by atoms with Crippen molar-refractivity contribution in [2.24, 2.45) is 5.92 Å². The minimum atomic E-state index is -1.64. The number of hydrogen-bond acceptors (Lipinski definition) is 4. The van der Waals surface area contributed by atoms with E-state index in [4.69, 9.17) is 4.52 Å². The third kappa shape index (κ3) is 3.94. The van der Waals surface area contributed by atoms with E-state index in [0.717, 1.165) is 29.7 Å². The zero-order valence-electron chi connectivity index (χ0n) is 16.4. The summed E-state index contributed by atoms with van der Waals surface area (Å²) in [6.45, 7) is 2.73. The maximum atomic E-state index is 14.0. The summed E-state index contributed by atoms with van der Waals surface area (Å²) >= 11 is 0. The summed E-state index contributed by atoms with van der Waals surface area (Å²) in [5.74, 6) is -4.04. The number of nitrogens with zero attached hydrogens (tertiary/aromatic N) is 3. The molecule has 4 rings (SSSR count). The Hall–Kier alpha value is -3.16. The summed E-state index contributed by atoms with van der Waals surface area (Å²) < 4.78 is 46.1. The Bertz CT molecular complexity index is 1080. The van der Waals surface area contributed by atoms with Crippen molar-refractivity contribution in [1.29, 1.82) is 0 Å². The molecule has 30 heavy (non-hydrogen) atoms. The second-order valence-electron chi connectivity index (χ2n) is 7.51. The van der Waals surface area contributed by atoms with Crippen LogP contribution in [0.25, 0.3) is 11.4 Å². The Morgan fingerprint density at radius 1 is 1.17 bits per heavy atom. The summed E-state index contributed by atoms with van der Waals surface area (Å²) in [5, 5.41) is 4.05. The van der Waals surface area contributed by atoms with Crippen LogP contribution >= 0.6 is 0 Å². The predicted octanol–water partition coefficient (Wildman–Crippen LogP) is 4.56. The van der Waals surface area contributed by atoms with Crippen LogP contribution in [0.4, 0.5) is 13.2 Å². The molecule has 1 aliphatic rings. The monoisotopic (exact) mass is 415 g/mol. The summed E-state index contributed by atoms with van der Waals surface area (Å²) in [7, 11) is 0. The Kier molecular flexibility index (Phi) is 5.57. The van der Waals surface area contributed by atoms with Crippen LogP contribution in [0.1, 0.15) is 34.7 Å². The zero-order valence-corrected chi connectivity index (χ0v) is 16.4. The van der Waals surface area contributed by atoms with Gasteiger partial charge in [-0.25, -0.2) is 13.2 Å². The highest BCUT2D eigenvalue weighted by Crippen LogP contribution is 2.25. The molecule has 8 heteroatoms. The van der Waals surface area contributed by atoms with Crippen LogP contribution in [0.2, 0.25) is 0 Å². The van der Waals surface area contributed by atoms with E-state index in [-0.39, 0.29) is 5.92 Å². The summed E-state index contributed by atoms with van der Waals surface area (Å²) in [6, 6.07) is 9.46. The largest absolute Gasteiger partial charge is 0.339 e. The van der Waals surface area contributed by atoms with E-state index >= 15 is 0 Å². The third-order valence-corrected chi connectivity index (χ3v) is 5.39. The van der Waals surface area contributed by atoms with Crippen molar-refractivity contribution in [3.05, 3.63) is 70.9 Å². The number of benzene rings is 2. The van der Waals surface area contributed by atoms with E-state index < -0.39 is 28.9 Å². The molecule has 1 aromatic heterocycles. The first-order chi connectivity index (χ1) is 14.4. The molecule has 3 aromatic rings. The number of carbonyl (C=O) groups excluding carboxylic acids is 1. The van der Waals surface area contributed by atoms with Crippen LogP contribution in [0, 0.1) is 30.3 Å². The molecule has 1 aliphatic heterocycles. The van der Waals surface area contributed by atoms with Gasteiger partial charge in [-0.2, -0.15) is 4.98 Å². The third-order valence-electron chi connectivity index (χ3n) is 5.39. The first kappa shape index (κ1) is 20.1. The summed E-state index contributed by atoms with van der Waals surface area (Å²) in [4.78, 5) is 18.6. The van der Waals surface area contributed by atoms with Gasteiger partial charge in [-0.3, -0.25) is 4.79 Å². The Balaban J connectivity index is 1.46. The molecule has 2 heterocycles. The number of halogens is 3. The minimum Gasteiger partial charge on any atom is -0.339 e. The lowest BCUT2D eigenvalue weighted by Crippen LogP contribution is -2.41. The molecule has 1 saturated heterocycles. The maximum absolute atomic E-state index is 14.0. The highest BCUT2D eigenvalue weighted by atomic mass is 19.2. The Labute approximate surface area is 171 Å². The van der Waals surface area contributed by atoms with Crippen LogP contribution < -0.4 is 0 Å². The Morgan fingerprint density at radius 2 is 1.97 bits per heavy atom. The molecule has 1 unspecified atom stereocenters. The maximum Gasteiger partial charge on any atom is 0.256 e. The van der Waals surface area contributed by atoms with Crippen molar-refractivity contribution in [3.8, 4) is 11.4 Å². The van der Waals surface area contributed by atoms with Crippen LogP contribution in [-0.2, 0) is 6.42 Å². The SMILES string of the molecule is Cc1ccccc1-c1noc(CC2CCCN(C(=O)c3ccc(F)c(F)c3F)C2)n1. The number of rotatable bonds is 4. The van der Waals surface area contributed by atoms with Gasteiger partial charge < -0.3 is 9.42 Å². The van der Waals surface area contributed by atoms with E-state index in [9.17, 15) is 18.0 Å². The number of aryl methyl sites for hydroxylation is 1. The molecule has 156 valence electrons. The Morgan fingerprint density at radius 3 is 2.77 bits per heavy atom. The van der Waals surface area contributed by atoms with E-state index in [2.05, 4.69) is 10.1 Å². The lowest BCUT2D eigenvalue weighted by molar-refractivity contribution is 0.0662. The van der Waals surface area contributed by atoms with Gasteiger partial charge >= 0.3 is 0 Å². The second kappa shape index (κ2) is 8.30. The van der Waals surface area contributed by atoms with Crippen LogP contribution in [0.5, 0.6) is 0 Å². The lowest BCUT2D eigenvalue weighted by atomic mass is 9.94. The van der Waals surface area contributed by atoms with Crippen LogP contribution in [0.15, 0.2) is 40.9 Å². The van der Waals surface area contributed by atoms with E-state index in [0.29, 0.717) is 37.6 Å². The average molecular weight is 415 g/mol. The van der Waals surface area contributed by atoms with Crippen molar-refractivity contribution in [2.45, 2.75) is 26.2 Å². The van der Waals surface area contributed by atoms with Gasteiger partial charge in [0.2, 0.25) is 11.7 Å². The van der Waals surface area contributed by atoms with Crippen LogP contribution in [0.3, 0.4) is 0 Å². The number of aromatic nitrogens is 2. The molecule has 1 atom stereocenters. The molecule has 0 spiro atoms. The van der Waals surface area contributed by atoms with Crippen LogP contribution in [-0.4, -0.2) is 34.0 Å². The van der Waals surface area contributed by atoms with Gasteiger partial charge in [0.15, 0.2) is 17.5 Å². The first-order valence-corrected chi connectivity index (χ1v) is 9.75. The van der Waals surface area contributed by atoms with Gasteiger partial charge in [-0.15, -0.1) is 0 Å². The topological polar surface area (TPSA) is 59.2 Å². The smallest absolute Gasteiger partial charge is 0.256 e. The molecule has 0 aliphatic carbocycles. The fourth-order valence-electron chi connectivity index (χ4n) is 3.80. The fraction of sp³-hybridized carbons (Fsp3) is 0.318. The minimum absolute atomic E-state index is 0.0428. The fourth-order valence-corrected chi connectivity index (χ4v) is 3.80. The van der Waals surface area contributed by atoms with E-state index in [1.54, 1.807) is 0 Å². The summed E-state index contributed by atoms with van der Waals surface area (Å²) in [5.41, 5.74) is 1.46. The van der Waals surface area contributed by atoms with Gasteiger partial charge in [0.1, 0.15) is 0 Å². The zero-order chi connectivity index (χ0) is 21.3. The first-order valence-electron chi connectivity index (χ1n) is 9.75. The highest BCUT2D eigenvalue weighted by Gasteiger charge is 2.29. The van der Waals surface area contributed by atoms with Gasteiger partial charge in [-0.05, 0) is 43.4 Å². The van der Waals surface area contributed by atoms with E-state index in [1.165, 1.54) is 4.90 Å². The van der Waals surface area contributed by atoms with E-state index in [1.807, 2.05) is 31.2 Å². The molecule has 5 nitrogen and oxygen atoms in total. The predicted molar refractivity (Wildman–Crippen MR) is 103 cm³/mol. The molecular formula is C22H20F3N3O2. The summed E-state index contributed by atoms with van der Waals surface area (Å²) in [6.07, 6.45) is 2.02. The number of hydrogen-bond donors (Lipinski definition) is 0. The molecule has 1 amide bonds. The molecule has 2 aromatic carbocycles. The molecule has 0 N–H and O–H groups in total. The van der Waals surface area contributed by atoms with Crippen molar-refractivity contribution in [2.75, 3.05) is 13.1 Å². The van der Waals surface area contributed by atoms with Gasteiger partial charge in [0, 0.05) is 25.1 Å². The number of amides is 1. The molecular weight excluding hydrogens is 395 g/mol. The average Bonchev–Trinajstić information content (AvgIpc) is 3.20. The number of likely N-dealkylation sites (tertiary alicyclic amines) is 1. The molecule has 1 fully saturated rings. The standard InChI is InChI=1S/C22H20F3N3O2/c1-13-5-2-3-7-15(13)21-26-18(30-27-21)11-14-6-4-10-28(12-14)22(29)16-8-9-17(23)20(25)19(16)24/h2-3,5,7-9,14H,4,6,10-12H2,1H3. The van der Waals surface area contributed by atoms with Crippen molar-refractivity contribution in [3.63, 3.8) is 0 Å². The molecule has 0 saturated carbocycles. The van der Waals surface area contributed by atoms with Gasteiger partial charge in [-0.1, -0.05) is 29.4 Å². The van der Waals surface area contributed by atoms with Crippen molar-refractivity contribution < 1.29 is 22.5 Å². The van der Waals surface area contributed by atoms with Crippen molar-refractivity contribution >= 4 is 5.91 Å². The number of carbonyl (C=O) groups is 1. The second-order valence-corrected chi connectivity index (χ2v) is 7.51. The van der Waals surface area contributed by atoms with Crippen molar-refractivity contribution in [1.82, 2.24) is 15.0 Å². The lowest BCUT2D eigenvalue weighted by Gasteiger charge is -2.32. The number of piperidine rings is 1. The molecule has 0 bridgehead atoms. The normalized spacial score (nSPS) is 16.7. The molecule has 0 radical (unpaired) electrons.